The lowest BCUT2D eigenvalue weighted by Gasteiger charge is -2.27. The summed E-state index contributed by atoms with van der Waals surface area (Å²) >= 11 is 1.29. The second-order valence-corrected chi connectivity index (χ2v) is 13.8. The van der Waals surface area contributed by atoms with E-state index in [1.807, 2.05) is 34.6 Å². The summed E-state index contributed by atoms with van der Waals surface area (Å²) in [6.45, 7) is 14.6. The van der Waals surface area contributed by atoms with Crippen molar-refractivity contribution in [1.29, 1.82) is 0 Å². The molecule has 1 aliphatic rings. The van der Waals surface area contributed by atoms with Crippen molar-refractivity contribution < 1.29 is 18.5 Å². The van der Waals surface area contributed by atoms with Crippen LogP contribution in [0.1, 0.15) is 90.3 Å². The number of thioether (sulfide) groups is 1. The van der Waals surface area contributed by atoms with Gasteiger partial charge >= 0.3 is 0 Å². The van der Waals surface area contributed by atoms with Crippen molar-refractivity contribution in [2.24, 2.45) is 9.50 Å². The number of amides is 1. The van der Waals surface area contributed by atoms with Crippen LogP contribution >= 0.6 is 11.8 Å². The van der Waals surface area contributed by atoms with Crippen molar-refractivity contribution in [1.82, 2.24) is 0 Å². The highest BCUT2D eigenvalue weighted by atomic mass is 32.3. The zero-order chi connectivity index (χ0) is 23.9. The van der Waals surface area contributed by atoms with Crippen LogP contribution in [-0.4, -0.2) is 24.9 Å². The fourth-order valence-electron chi connectivity index (χ4n) is 4.12. The van der Waals surface area contributed by atoms with E-state index in [2.05, 4.69) is 4.36 Å². The number of nitrogens with two attached hydrogens (primary N) is 1. The quantitative estimate of drug-likeness (QED) is 0.584. The standard InChI is InChI=1S/C23H35FN2O3S2/c1-13(2)16-9-10-19(24)21(14(3)4)17(16)11-20(27)26-31(25,29)23(8)12-18(15(5)30-23)22(6,7)28/h9-10,13-14,28H,11-12H2,1-8H3,(H2,25,26,27,29). The van der Waals surface area contributed by atoms with Crippen LogP contribution < -0.4 is 5.14 Å². The van der Waals surface area contributed by atoms with Crippen molar-refractivity contribution in [3.05, 3.63) is 45.1 Å². The number of hydrogen-bond donors (Lipinski definition) is 2. The van der Waals surface area contributed by atoms with Crippen molar-refractivity contribution in [3.8, 4) is 0 Å². The molecule has 0 bridgehead atoms. The maximum Gasteiger partial charge on any atom is 0.259 e. The highest BCUT2D eigenvalue weighted by molar-refractivity contribution is 8.17. The van der Waals surface area contributed by atoms with Crippen LogP contribution in [0.2, 0.25) is 0 Å². The van der Waals surface area contributed by atoms with Gasteiger partial charge < -0.3 is 5.11 Å². The third kappa shape index (κ3) is 5.41. The molecule has 2 unspecified atom stereocenters. The SMILES string of the molecule is CC1=C(C(C)(C)O)CC(C)(S(N)(=O)=NC(=O)Cc2c(C(C)C)ccc(F)c2C(C)C)S1. The first kappa shape index (κ1) is 26.0. The Morgan fingerprint density at radius 2 is 1.90 bits per heavy atom. The Balaban J connectivity index is 2.44. The smallest absolute Gasteiger partial charge is 0.259 e. The van der Waals surface area contributed by atoms with E-state index < -0.39 is 25.5 Å². The van der Waals surface area contributed by atoms with Gasteiger partial charge in [-0.25, -0.2) is 13.7 Å². The average Bonchev–Trinajstić information content (AvgIpc) is 2.90. The van der Waals surface area contributed by atoms with E-state index in [4.69, 9.17) is 5.14 Å². The summed E-state index contributed by atoms with van der Waals surface area (Å²) in [6.07, 6.45) is 0.117. The molecule has 0 aromatic heterocycles. The topological polar surface area (TPSA) is 92.8 Å². The Labute approximate surface area is 190 Å². The third-order valence-corrected chi connectivity index (χ3v) is 9.71. The van der Waals surface area contributed by atoms with E-state index in [-0.39, 0.29) is 30.5 Å². The largest absolute Gasteiger partial charge is 0.386 e. The molecule has 1 aromatic rings. The van der Waals surface area contributed by atoms with Crippen molar-refractivity contribution >= 4 is 27.6 Å². The van der Waals surface area contributed by atoms with Crippen molar-refractivity contribution in [3.63, 3.8) is 0 Å². The first-order valence-electron chi connectivity index (χ1n) is 10.5. The molecule has 2 atom stereocenters. The Hall–Kier alpha value is -1.22. The maximum absolute atomic E-state index is 14.6. The minimum atomic E-state index is -3.44. The first-order valence-corrected chi connectivity index (χ1v) is 12.9. The predicted octanol–water partition coefficient (Wildman–Crippen LogP) is 5.38. The molecule has 5 nitrogen and oxygen atoms in total. The molecule has 0 saturated carbocycles. The van der Waals surface area contributed by atoms with Crippen molar-refractivity contribution in [2.45, 2.75) is 89.7 Å². The van der Waals surface area contributed by atoms with Crippen LogP contribution in [0.5, 0.6) is 0 Å². The zero-order valence-corrected chi connectivity index (χ0v) is 21.3. The van der Waals surface area contributed by atoms with Crippen LogP contribution in [0, 0.1) is 5.82 Å². The molecule has 0 radical (unpaired) electrons. The van der Waals surface area contributed by atoms with E-state index in [1.54, 1.807) is 26.8 Å². The van der Waals surface area contributed by atoms with Gasteiger partial charge in [-0.05, 0) is 72.8 Å². The van der Waals surface area contributed by atoms with Crippen LogP contribution in [0.4, 0.5) is 4.39 Å². The minimum absolute atomic E-state index is 0.0900. The molecular weight excluding hydrogens is 435 g/mol. The van der Waals surface area contributed by atoms with Gasteiger partial charge in [0.25, 0.3) is 5.91 Å². The number of carbonyl (C=O) groups is 1. The first-order chi connectivity index (χ1) is 14.0. The lowest BCUT2D eigenvalue weighted by molar-refractivity contribution is -0.117. The van der Waals surface area contributed by atoms with Crippen LogP contribution in [-0.2, 0) is 21.1 Å². The van der Waals surface area contributed by atoms with Crippen molar-refractivity contribution in [2.75, 3.05) is 0 Å². The number of allylic oxidation sites excluding steroid dienone is 1. The summed E-state index contributed by atoms with van der Waals surface area (Å²) in [7, 11) is -3.44. The van der Waals surface area contributed by atoms with Gasteiger partial charge in [-0.3, -0.25) is 4.79 Å². The maximum atomic E-state index is 14.6. The Bertz CT molecular complexity index is 1030. The molecule has 1 amide bonds. The molecule has 1 aromatic carbocycles. The van der Waals surface area contributed by atoms with Gasteiger partial charge in [-0.2, -0.15) is 0 Å². The molecule has 31 heavy (non-hydrogen) atoms. The van der Waals surface area contributed by atoms with Gasteiger partial charge in [-0.15, -0.1) is 16.1 Å². The number of rotatable bonds is 6. The van der Waals surface area contributed by atoms with Crippen LogP contribution in [0.25, 0.3) is 0 Å². The Morgan fingerprint density at radius 3 is 2.35 bits per heavy atom. The van der Waals surface area contributed by atoms with Gasteiger partial charge in [0.05, 0.1) is 12.0 Å². The Morgan fingerprint density at radius 1 is 1.32 bits per heavy atom. The number of carbonyl (C=O) groups excluding carboxylic acids is 1. The summed E-state index contributed by atoms with van der Waals surface area (Å²) < 4.78 is 30.9. The molecule has 3 N–H and O–H groups in total. The summed E-state index contributed by atoms with van der Waals surface area (Å²) in [4.78, 5) is 13.8. The van der Waals surface area contributed by atoms with Crippen LogP contribution in [0.15, 0.2) is 27.0 Å². The molecule has 1 aliphatic heterocycles. The normalized spacial score (nSPS) is 21.7. The molecule has 8 heteroatoms. The molecular formula is C23H35FN2O3S2. The second kappa shape index (κ2) is 8.96. The molecule has 0 fully saturated rings. The molecule has 1 heterocycles. The van der Waals surface area contributed by atoms with E-state index in [0.717, 1.165) is 16.0 Å². The molecule has 0 saturated heterocycles. The van der Waals surface area contributed by atoms with E-state index in [1.165, 1.54) is 17.8 Å². The lowest BCUT2D eigenvalue weighted by atomic mass is 9.86. The number of nitrogens with zero attached hydrogens (tertiary/aromatic N) is 1. The monoisotopic (exact) mass is 470 g/mol. The summed E-state index contributed by atoms with van der Waals surface area (Å²) in [5.74, 6) is -1.01. The lowest BCUT2D eigenvalue weighted by Crippen LogP contribution is -2.38. The average molecular weight is 471 g/mol. The molecule has 2 rings (SSSR count). The van der Waals surface area contributed by atoms with Gasteiger partial charge in [0.15, 0.2) is 0 Å². The van der Waals surface area contributed by atoms with E-state index in [9.17, 15) is 18.5 Å². The van der Waals surface area contributed by atoms with Gasteiger partial charge in [0.1, 0.15) is 19.8 Å². The summed E-state index contributed by atoms with van der Waals surface area (Å²) in [6, 6.07) is 3.13. The number of benzene rings is 1. The highest BCUT2D eigenvalue weighted by Crippen LogP contribution is 2.51. The van der Waals surface area contributed by atoms with Gasteiger partial charge in [0.2, 0.25) is 0 Å². The van der Waals surface area contributed by atoms with Gasteiger partial charge in [-0.1, -0.05) is 33.8 Å². The number of halogens is 1. The molecule has 0 spiro atoms. The Kier molecular flexibility index (Phi) is 7.53. The highest BCUT2D eigenvalue weighted by Gasteiger charge is 2.45. The zero-order valence-electron chi connectivity index (χ0n) is 19.7. The number of hydrogen-bond acceptors (Lipinski definition) is 4. The van der Waals surface area contributed by atoms with E-state index in [0.29, 0.717) is 11.1 Å². The fourth-order valence-corrected chi connectivity index (χ4v) is 7.31. The molecule has 0 aliphatic carbocycles. The van der Waals surface area contributed by atoms with E-state index >= 15 is 0 Å². The number of aliphatic hydroxyl groups is 1. The fraction of sp³-hybridized carbons (Fsp3) is 0.609. The summed E-state index contributed by atoms with van der Waals surface area (Å²) in [5, 5.41) is 16.6. The van der Waals surface area contributed by atoms with Gasteiger partial charge in [0, 0.05) is 6.42 Å². The third-order valence-electron chi connectivity index (χ3n) is 5.75. The molecule has 174 valence electrons. The minimum Gasteiger partial charge on any atom is -0.386 e. The second-order valence-electron chi connectivity index (χ2n) is 9.58. The summed E-state index contributed by atoms with van der Waals surface area (Å²) in [5.41, 5.74) is 1.63. The van der Waals surface area contributed by atoms with Crippen LogP contribution in [0.3, 0.4) is 0 Å². The predicted molar refractivity (Wildman–Crippen MR) is 128 cm³/mol.